The predicted octanol–water partition coefficient (Wildman–Crippen LogP) is 0.274. The number of nitrogens with zero attached hydrogens (tertiary/aromatic N) is 5. The van der Waals surface area contributed by atoms with Crippen LogP contribution in [-0.2, 0) is 16.9 Å². The summed E-state index contributed by atoms with van der Waals surface area (Å²) in [5.74, 6) is -0.0710. The molecule has 0 saturated carbocycles. The van der Waals surface area contributed by atoms with E-state index in [1.165, 1.54) is 6.20 Å². The molecular weight excluding hydrogens is 296 g/mol. The highest BCUT2D eigenvalue weighted by atomic mass is 16.3. The van der Waals surface area contributed by atoms with E-state index in [4.69, 9.17) is 0 Å². The van der Waals surface area contributed by atoms with Gasteiger partial charge in [-0.15, -0.1) is 0 Å². The Morgan fingerprint density at radius 3 is 3.04 bits per heavy atom. The molecule has 8 heteroatoms. The van der Waals surface area contributed by atoms with Crippen LogP contribution < -0.4 is 0 Å². The van der Waals surface area contributed by atoms with E-state index in [1.54, 1.807) is 15.8 Å². The van der Waals surface area contributed by atoms with Crippen molar-refractivity contribution in [2.75, 3.05) is 13.1 Å². The van der Waals surface area contributed by atoms with Gasteiger partial charge >= 0.3 is 0 Å². The fourth-order valence-electron chi connectivity index (χ4n) is 3.02. The number of hydrogen-bond acceptors (Lipinski definition) is 5. The lowest BCUT2D eigenvalue weighted by Crippen LogP contribution is -2.36. The zero-order chi connectivity index (χ0) is 15.9. The van der Waals surface area contributed by atoms with Crippen LogP contribution >= 0.6 is 0 Å². The normalized spacial score (nSPS) is 21.2. The number of nitrogens with one attached hydrogen (secondary N) is 1. The number of benzene rings is 1. The number of aromatic amines is 1. The molecule has 1 fully saturated rings. The maximum absolute atomic E-state index is 12.5. The monoisotopic (exact) mass is 312 g/mol. The van der Waals surface area contributed by atoms with Gasteiger partial charge in [0.25, 0.3) is 0 Å². The molecule has 1 aliphatic rings. The molecule has 0 unspecified atom stereocenters. The van der Waals surface area contributed by atoms with E-state index in [0.717, 1.165) is 10.9 Å². The molecule has 0 aliphatic carbocycles. The molecule has 1 amide bonds. The van der Waals surface area contributed by atoms with Gasteiger partial charge in [-0.1, -0.05) is 18.2 Å². The fourth-order valence-corrected chi connectivity index (χ4v) is 3.02. The van der Waals surface area contributed by atoms with E-state index in [1.807, 2.05) is 24.3 Å². The summed E-state index contributed by atoms with van der Waals surface area (Å²) in [5.41, 5.74) is 0.263. The number of carbonyl (C=O) groups excluding carboxylic acids is 1. The standard InChI is InChI=1S/C15H16N6O2/c22-14(9-21-12-4-2-1-3-11(12)7-17-21)20-6-5-15(23,10-20)13-8-16-19-18-13/h1-4,7-8,23H,5-6,9-10H2,(H,16,18,19)/t15-/m0/s1. The summed E-state index contributed by atoms with van der Waals surface area (Å²) in [6, 6.07) is 7.76. The second-order valence-corrected chi connectivity index (χ2v) is 5.81. The van der Waals surface area contributed by atoms with Gasteiger partial charge in [0.1, 0.15) is 17.8 Å². The molecule has 23 heavy (non-hydrogen) atoms. The summed E-state index contributed by atoms with van der Waals surface area (Å²) >= 11 is 0. The minimum Gasteiger partial charge on any atom is -0.381 e. The Hall–Kier alpha value is -2.74. The Labute approximate surface area is 131 Å². The van der Waals surface area contributed by atoms with E-state index < -0.39 is 5.60 Å². The number of para-hydroxylation sites is 1. The van der Waals surface area contributed by atoms with Crippen LogP contribution in [-0.4, -0.2) is 54.2 Å². The van der Waals surface area contributed by atoms with Gasteiger partial charge in [-0.05, 0) is 6.07 Å². The number of carbonyl (C=O) groups is 1. The van der Waals surface area contributed by atoms with Crippen molar-refractivity contribution in [1.29, 1.82) is 0 Å². The topological polar surface area (TPSA) is 99.9 Å². The van der Waals surface area contributed by atoms with E-state index in [-0.39, 0.29) is 19.0 Å². The van der Waals surface area contributed by atoms with Crippen molar-refractivity contribution in [3.8, 4) is 0 Å². The summed E-state index contributed by atoms with van der Waals surface area (Å²) in [5, 5.41) is 26.1. The molecule has 1 aromatic carbocycles. The highest BCUT2D eigenvalue weighted by Crippen LogP contribution is 2.30. The van der Waals surface area contributed by atoms with E-state index in [2.05, 4.69) is 20.5 Å². The van der Waals surface area contributed by atoms with Crippen LogP contribution in [0.3, 0.4) is 0 Å². The zero-order valence-corrected chi connectivity index (χ0v) is 12.4. The van der Waals surface area contributed by atoms with Crippen molar-refractivity contribution in [3.63, 3.8) is 0 Å². The Kier molecular flexibility index (Phi) is 3.12. The van der Waals surface area contributed by atoms with Crippen molar-refractivity contribution in [2.24, 2.45) is 0 Å². The van der Waals surface area contributed by atoms with Crippen LogP contribution in [0.4, 0.5) is 0 Å². The van der Waals surface area contributed by atoms with E-state index in [0.29, 0.717) is 18.7 Å². The summed E-state index contributed by atoms with van der Waals surface area (Å²) in [7, 11) is 0. The molecule has 1 aliphatic heterocycles. The minimum absolute atomic E-state index is 0.0710. The first-order chi connectivity index (χ1) is 11.2. The number of H-pyrrole nitrogens is 1. The van der Waals surface area contributed by atoms with Gasteiger partial charge in [0.15, 0.2) is 0 Å². The maximum Gasteiger partial charge on any atom is 0.244 e. The van der Waals surface area contributed by atoms with Crippen LogP contribution in [0.15, 0.2) is 36.7 Å². The maximum atomic E-state index is 12.5. The van der Waals surface area contributed by atoms with Gasteiger partial charge in [0.2, 0.25) is 5.91 Å². The number of likely N-dealkylation sites (tertiary alicyclic amines) is 1. The lowest BCUT2D eigenvalue weighted by molar-refractivity contribution is -0.132. The zero-order valence-electron chi connectivity index (χ0n) is 12.4. The number of fused-ring (bicyclic) bond motifs is 1. The number of rotatable bonds is 3. The van der Waals surface area contributed by atoms with E-state index in [9.17, 15) is 9.90 Å². The number of aliphatic hydroxyl groups is 1. The van der Waals surface area contributed by atoms with Gasteiger partial charge < -0.3 is 10.0 Å². The Balaban J connectivity index is 1.50. The first-order valence-corrected chi connectivity index (χ1v) is 7.43. The molecular formula is C15H16N6O2. The van der Waals surface area contributed by atoms with Crippen molar-refractivity contribution in [3.05, 3.63) is 42.4 Å². The van der Waals surface area contributed by atoms with Gasteiger partial charge in [0, 0.05) is 18.4 Å². The Morgan fingerprint density at radius 1 is 1.35 bits per heavy atom. The lowest BCUT2D eigenvalue weighted by Gasteiger charge is -2.21. The van der Waals surface area contributed by atoms with Crippen LogP contribution in [0.2, 0.25) is 0 Å². The molecule has 1 atom stereocenters. The third kappa shape index (κ3) is 2.36. The molecule has 0 radical (unpaired) electrons. The largest absolute Gasteiger partial charge is 0.381 e. The van der Waals surface area contributed by atoms with Gasteiger partial charge in [0.05, 0.1) is 24.5 Å². The van der Waals surface area contributed by atoms with Crippen LogP contribution in [0.1, 0.15) is 12.1 Å². The molecule has 0 spiro atoms. The third-order valence-electron chi connectivity index (χ3n) is 4.33. The number of amides is 1. The predicted molar refractivity (Wildman–Crippen MR) is 81.2 cm³/mol. The fraction of sp³-hybridized carbons (Fsp3) is 0.333. The number of hydrogen-bond donors (Lipinski definition) is 2. The summed E-state index contributed by atoms with van der Waals surface area (Å²) < 4.78 is 1.69. The lowest BCUT2D eigenvalue weighted by atomic mass is 10.0. The average Bonchev–Trinajstić information content (AvgIpc) is 3.27. The first kappa shape index (κ1) is 13.9. The van der Waals surface area contributed by atoms with Crippen LogP contribution in [0.25, 0.3) is 10.9 Å². The quantitative estimate of drug-likeness (QED) is 0.723. The molecule has 2 N–H and O–H groups in total. The summed E-state index contributed by atoms with van der Waals surface area (Å²) in [6.45, 7) is 0.862. The smallest absolute Gasteiger partial charge is 0.244 e. The summed E-state index contributed by atoms with van der Waals surface area (Å²) in [6.07, 6.45) is 3.69. The second kappa shape index (κ2) is 5.17. The highest BCUT2D eigenvalue weighted by Gasteiger charge is 2.41. The van der Waals surface area contributed by atoms with Crippen LogP contribution in [0, 0.1) is 0 Å². The molecule has 3 aromatic rings. The number of aromatic nitrogens is 5. The van der Waals surface area contributed by atoms with Gasteiger partial charge in [-0.3, -0.25) is 9.48 Å². The van der Waals surface area contributed by atoms with Gasteiger partial charge in [-0.25, -0.2) is 0 Å². The van der Waals surface area contributed by atoms with Gasteiger partial charge in [-0.2, -0.15) is 20.5 Å². The molecule has 4 rings (SSSR count). The third-order valence-corrected chi connectivity index (χ3v) is 4.33. The van der Waals surface area contributed by atoms with E-state index >= 15 is 0 Å². The molecule has 118 valence electrons. The SMILES string of the molecule is O=C(Cn1ncc2ccccc21)N1CC[C@@](O)(c2cn[nH]n2)C1. The van der Waals surface area contributed by atoms with Crippen molar-refractivity contribution >= 4 is 16.8 Å². The minimum atomic E-state index is -1.13. The molecule has 8 nitrogen and oxygen atoms in total. The first-order valence-electron chi connectivity index (χ1n) is 7.43. The Bertz CT molecular complexity index is 843. The second-order valence-electron chi connectivity index (χ2n) is 5.81. The Morgan fingerprint density at radius 2 is 2.22 bits per heavy atom. The van der Waals surface area contributed by atoms with Crippen molar-refractivity contribution < 1.29 is 9.90 Å². The van der Waals surface area contributed by atoms with Crippen LogP contribution in [0.5, 0.6) is 0 Å². The molecule has 3 heterocycles. The summed E-state index contributed by atoms with van der Waals surface area (Å²) in [4.78, 5) is 14.2. The average molecular weight is 312 g/mol. The molecule has 1 saturated heterocycles. The number of β-amino-alcohol motifs (C(OH)–C–C–N with tert-alkyl or cyclic N) is 1. The molecule has 2 aromatic heterocycles. The van der Waals surface area contributed by atoms with Crippen molar-refractivity contribution in [1.82, 2.24) is 30.1 Å². The highest BCUT2D eigenvalue weighted by molar-refractivity contribution is 5.82. The van der Waals surface area contributed by atoms with Crippen molar-refractivity contribution in [2.45, 2.75) is 18.6 Å². The molecule has 0 bridgehead atoms.